The van der Waals surface area contributed by atoms with Gasteiger partial charge in [0.25, 0.3) is 0 Å². The number of anilines is 1. The lowest BCUT2D eigenvalue weighted by molar-refractivity contribution is -0.115. The van der Waals surface area contributed by atoms with E-state index in [0.29, 0.717) is 17.5 Å². The average Bonchev–Trinajstić information content (AvgIpc) is 2.79. The molecule has 5 heteroatoms. The Balaban J connectivity index is 2.01. The highest BCUT2D eigenvalue weighted by Gasteiger charge is 2.20. The second-order valence-corrected chi connectivity index (χ2v) is 6.65. The van der Waals surface area contributed by atoms with Crippen LogP contribution in [0.5, 0.6) is 0 Å². The topological polar surface area (TPSA) is 46.2 Å². The fourth-order valence-electron chi connectivity index (χ4n) is 2.20. The molecule has 0 bridgehead atoms. The maximum Gasteiger partial charge on any atom is 0.228 e. The first-order valence-electron chi connectivity index (χ1n) is 5.97. The van der Waals surface area contributed by atoms with Crippen LogP contribution in [0, 0.1) is 3.57 Å². The molecule has 0 aliphatic carbocycles. The number of carbonyl (C=O) groups excluding carboxylic acids is 2. The van der Waals surface area contributed by atoms with Crippen LogP contribution >= 0.6 is 38.5 Å². The van der Waals surface area contributed by atoms with Gasteiger partial charge in [-0.25, -0.2) is 0 Å². The van der Waals surface area contributed by atoms with Crippen LogP contribution in [-0.4, -0.2) is 11.7 Å². The highest BCUT2D eigenvalue weighted by molar-refractivity contribution is 14.1. The molecule has 0 aromatic heterocycles. The Kier molecular flexibility index (Phi) is 3.64. The molecule has 0 saturated heterocycles. The normalized spacial score (nSPS) is 13.0. The average molecular weight is 442 g/mol. The SMILES string of the molecule is O=C1Cc2cc(C(=O)c3cc(I)ccc3Br)ccc2N1. The first kappa shape index (κ1) is 13.8. The van der Waals surface area contributed by atoms with E-state index in [9.17, 15) is 9.59 Å². The molecule has 20 heavy (non-hydrogen) atoms. The van der Waals surface area contributed by atoms with Crippen molar-refractivity contribution in [3.8, 4) is 0 Å². The fourth-order valence-corrected chi connectivity index (χ4v) is 3.12. The van der Waals surface area contributed by atoms with Gasteiger partial charge in [-0.2, -0.15) is 0 Å². The molecular formula is C15H9BrINO2. The molecule has 3 rings (SSSR count). The Labute approximate surface area is 138 Å². The molecule has 1 N–H and O–H groups in total. The number of benzene rings is 2. The van der Waals surface area contributed by atoms with Gasteiger partial charge in [0, 0.05) is 24.9 Å². The maximum absolute atomic E-state index is 12.6. The number of nitrogens with one attached hydrogen (secondary N) is 1. The van der Waals surface area contributed by atoms with Crippen molar-refractivity contribution in [3.05, 3.63) is 61.1 Å². The van der Waals surface area contributed by atoms with Crippen LogP contribution < -0.4 is 5.32 Å². The third-order valence-electron chi connectivity index (χ3n) is 3.17. The first-order valence-corrected chi connectivity index (χ1v) is 7.84. The fraction of sp³-hybridized carbons (Fsp3) is 0.0667. The summed E-state index contributed by atoms with van der Waals surface area (Å²) in [5.74, 6) is -0.0717. The van der Waals surface area contributed by atoms with E-state index in [-0.39, 0.29) is 11.7 Å². The van der Waals surface area contributed by atoms with Crippen LogP contribution in [-0.2, 0) is 11.2 Å². The predicted molar refractivity (Wildman–Crippen MR) is 89.1 cm³/mol. The molecule has 2 aromatic carbocycles. The Bertz CT molecular complexity index is 743. The van der Waals surface area contributed by atoms with E-state index in [4.69, 9.17) is 0 Å². The van der Waals surface area contributed by atoms with Gasteiger partial charge in [0.2, 0.25) is 5.91 Å². The van der Waals surface area contributed by atoms with Gasteiger partial charge in [0.1, 0.15) is 0 Å². The second kappa shape index (κ2) is 5.29. The van der Waals surface area contributed by atoms with Crippen LogP contribution in [0.1, 0.15) is 21.5 Å². The lowest BCUT2D eigenvalue weighted by Gasteiger charge is -2.06. The first-order chi connectivity index (χ1) is 9.54. The third-order valence-corrected chi connectivity index (χ3v) is 4.53. The zero-order chi connectivity index (χ0) is 14.3. The van der Waals surface area contributed by atoms with Gasteiger partial charge in [0.05, 0.1) is 6.42 Å². The number of ketones is 1. The van der Waals surface area contributed by atoms with Crippen molar-refractivity contribution >= 4 is 55.9 Å². The van der Waals surface area contributed by atoms with E-state index < -0.39 is 0 Å². The van der Waals surface area contributed by atoms with Crippen molar-refractivity contribution in [3.63, 3.8) is 0 Å². The van der Waals surface area contributed by atoms with Gasteiger partial charge >= 0.3 is 0 Å². The standard InChI is InChI=1S/C15H9BrINO2/c16-12-3-2-10(17)7-11(12)15(20)8-1-4-13-9(5-8)6-14(19)18-13/h1-5,7H,6H2,(H,18,19). The number of halogens is 2. The molecule has 1 aliphatic heterocycles. The Morgan fingerprint density at radius 3 is 2.80 bits per heavy atom. The van der Waals surface area contributed by atoms with E-state index in [1.165, 1.54) is 0 Å². The molecule has 0 spiro atoms. The van der Waals surface area contributed by atoms with E-state index in [1.54, 1.807) is 18.2 Å². The molecule has 1 aliphatic rings. The van der Waals surface area contributed by atoms with Crippen molar-refractivity contribution in [2.45, 2.75) is 6.42 Å². The van der Waals surface area contributed by atoms with E-state index in [0.717, 1.165) is 19.3 Å². The molecule has 0 fully saturated rings. The van der Waals surface area contributed by atoms with Crippen molar-refractivity contribution in [2.24, 2.45) is 0 Å². The summed E-state index contributed by atoms with van der Waals surface area (Å²) in [6, 6.07) is 11.0. The van der Waals surface area contributed by atoms with E-state index in [2.05, 4.69) is 43.8 Å². The number of rotatable bonds is 2. The summed E-state index contributed by atoms with van der Waals surface area (Å²) in [7, 11) is 0. The van der Waals surface area contributed by atoms with Crippen LogP contribution in [0.15, 0.2) is 40.9 Å². The van der Waals surface area contributed by atoms with Crippen LogP contribution in [0.4, 0.5) is 5.69 Å². The zero-order valence-corrected chi connectivity index (χ0v) is 14.0. The smallest absolute Gasteiger partial charge is 0.228 e. The monoisotopic (exact) mass is 441 g/mol. The Hall–Kier alpha value is -1.21. The quantitative estimate of drug-likeness (QED) is 0.569. The van der Waals surface area contributed by atoms with Crippen LogP contribution in [0.25, 0.3) is 0 Å². The summed E-state index contributed by atoms with van der Waals surface area (Å²) in [5, 5.41) is 2.76. The van der Waals surface area contributed by atoms with Crippen molar-refractivity contribution in [1.82, 2.24) is 0 Å². The number of amides is 1. The molecule has 0 saturated carbocycles. The van der Waals surface area contributed by atoms with Crippen molar-refractivity contribution < 1.29 is 9.59 Å². The minimum atomic E-state index is -0.0439. The highest BCUT2D eigenvalue weighted by Crippen LogP contribution is 2.27. The Morgan fingerprint density at radius 1 is 1.20 bits per heavy atom. The summed E-state index contributed by atoms with van der Waals surface area (Å²) >= 11 is 5.59. The minimum Gasteiger partial charge on any atom is -0.326 e. The van der Waals surface area contributed by atoms with Gasteiger partial charge < -0.3 is 5.32 Å². The molecule has 0 unspecified atom stereocenters. The Morgan fingerprint density at radius 2 is 2.00 bits per heavy atom. The summed E-state index contributed by atoms with van der Waals surface area (Å²) in [5.41, 5.74) is 2.91. The number of carbonyl (C=O) groups is 2. The van der Waals surface area contributed by atoms with Gasteiger partial charge in [-0.05, 0) is 64.6 Å². The van der Waals surface area contributed by atoms with Gasteiger partial charge in [-0.1, -0.05) is 15.9 Å². The predicted octanol–water partition coefficient (Wildman–Crippen LogP) is 3.78. The van der Waals surface area contributed by atoms with Gasteiger partial charge in [-0.15, -0.1) is 0 Å². The molecule has 2 aromatic rings. The largest absolute Gasteiger partial charge is 0.326 e. The summed E-state index contributed by atoms with van der Waals surface area (Å²) in [4.78, 5) is 23.9. The lowest BCUT2D eigenvalue weighted by Crippen LogP contribution is -2.03. The molecule has 0 radical (unpaired) electrons. The van der Waals surface area contributed by atoms with Crippen LogP contribution in [0.2, 0.25) is 0 Å². The molecule has 1 heterocycles. The molecule has 1 amide bonds. The molecule has 100 valence electrons. The molecule has 0 atom stereocenters. The molecular weight excluding hydrogens is 433 g/mol. The summed E-state index contributed by atoms with van der Waals surface area (Å²) in [6.07, 6.45) is 0.337. The number of hydrogen-bond acceptors (Lipinski definition) is 2. The highest BCUT2D eigenvalue weighted by atomic mass is 127. The lowest BCUT2D eigenvalue weighted by atomic mass is 10.0. The van der Waals surface area contributed by atoms with Crippen LogP contribution in [0.3, 0.4) is 0 Å². The number of hydrogen-bond donors (Lipinski definition) is 1. The summed E-state index contributed by atoms with van der Waals surface area (Å²) < 4.78 is 1.78. The molecule has 3 nitrogen and oxygen atoms in total. The van der Waals surface area contributed by atoms with Gasteiger partial charge in [0.15, 0.2) is 5.78 Å². The van der Waals surface area contributed by atoms with Crippen molar-refractivity contribution in [1.29, 1.82) is 0 Å². The number of fused-ring (bicyclic) bond motifs is 1. The third kappa shape index (κ3) is 2.52. The maximum atomic E-state index is 12.6. The van der Waals surface area contributed by atoms with E-state index >= 15 is 0 Å². The summed E-state index contributed by atoms with van der Waals surface area (Å²) in [6.45, 7) is 0. The second-order valence-electron chi connectivity index (χ2n) is 4.55. The zero-order valence-electron chi connectivity index (χ0n) is 10.2. The minimum absolute atomic E-state index is 0.0277. The van der Waals surface area contributed by atoms with Gasteiger partial charge in [-0.3, -0.25) is 9.59 Å². The van der Waals surface area contributed by atoms with Crippen molar-refractivity contribution in [2.75, 3.05) is 5.32 Å². The van der Waals surface area contributed by atoms with E-state index in [1.807, 2.05) is 18.2 Å².